The van der Waals surface area contributed by atoms with E-state index in [4.69, 9.17) is 13.9 Å². The summed E-state index contributed by atoms with van der Waals surface area (Å²) in [5.41, 5.74) is 0. The number of ether oxygens (including phenoxy) is 2. The van der Waals surface area contributed by atoms with Gasteiger partial charge in [-0.05, 0) is 24.2 Å². The molecule has 92 valence electrons. The first kappa shape index (κ1) is 12.1. The highest BCUT2D eigenvalue weighted by molar-refractivity contribution is 6.74. The number of hydrogen-bond donors (Lipinski definition) is 0. The smallest absolute Gasteiger partial charge is 0.192 e. The third kappa shape index (κ3) is 2.06. The van der Waals surface area contributed by atoms with Crippen molar-refractivity contribution >= 4 is 8.32 Å². The quantitative estimate of drug-likeness (QED) is 0.697. The summed E-state index contributed by atoms with van der Waals surface area (Å²) < 4.78 is 17.5. The maximum atomic E-state index is 6.33. The van der Waals surface area contributed by atoms with Gasteiger partial charge >= 0.3 is 0 Å². The average molecular weight is 242 g/mol. The molecule has 2 heterocycles. The zero-order valence-corrected chi connectivity index (χ0v) is 11.8. The van der Waals surface area contributed by atoms with Crippen LogP contribution >= 0.6 is 0 Å². The first-order valence-electron chi connectivity index (χ1n) is 5.93. The molecule has 3 atom stereocenters. The van der Waals surface area contributed by atoms with Crippen LogP contribution in [0.2, 0.25) is 18.1 Å². The van der Waals surface area contributed by atoms with E-state index in [-0.39, 0.29) is 23.4 Å². The van der Waals surface area contributed by atoms with Gasteiger partial charge in [0.15, 0.2) is 14.4 Å². The molecule has 3 nitrogen and oxygen atoms in total. The van der Waals surface area contributed by atoms with E-state index in [0.717, 1.165) is 0 Å². The Balaban J connectivity index is 2.01. The van der Waals surface area contributed by atoms with Crippen LogP contribution in [0.15, 0.2) is 12.3 Å². The van der Waals surface area contributed by atoms with E-state index in [9.17, 15) is 0 Å². The van der Waals surface area contributed by atoms with E-state index >= 15 is 0 Å². The lowest BCUT2D eigenvalue weighted by Gasteiger charge is -2.38. The fourth-order valence-electron chi connectivity index (χ4n) is 1.81. The molecule has 0 spiro atoms. The Bertz CT molecular complexity index is 293. The van der Waals surface area contributed by atoms with Gasteiger partial charge in [0.1, 0.15) is 12.2 Å². The lowest BCUT2D eigenvalue weighted by Crippen LogP contribution is -2.47. The minimum Gasteiger partial charge on any atom is -0.492 e. The van der Waals surface area contributed by atoms with E-state index in [0.29, 0.717) is 6.61 Å². The Kier molecular flexibility index (Phi) is 2.93. The molecule has 0 bridgehead atoms. The highest BCUT2D eigenvalue weighted by atomic mass is 28.4. The highest BCUT2D eigenvalue weighted by Gasteiger charge is 2.46. The molecule has 0 aromatic heterocycles. The average Bonchev–Trinajstić information content (AvgIpc) is 2.67. The summed E-state index contributed by atoms with van der Waals surface area (Å²) in [6, 6.07) is 0. The molecule has 0 saturated carbocycles. The molecule has 0 aromatic carbocycles. The van der Waals surface area contributed by atoms with Gasteiger partial charge < -0.3 is 13.9 Å². The summed E-state index contributed by atoms with van der Waals surface area (Å²) in [5, 5.41) is 0.233. The van der Waals surface area contributed by atoms with Gasteiger partial charge in [-0.3, -0.25) is 0 Å². The molecule has 4 heteroatoms. The molecule has 0 aromatic rings. The van der Waals surface area contributed by atoms with Crippen LogP contribution in [0.3, 0.4) is 0 Å². The first-order chi connectivity index (χ1) is 7.31. The minimum atomic E-state index is -1.72. The van der Waals surface area contributed by atoms with Gasteiger partial charge in [0.25, 0.3) is 0 Å². The van der Waals surface area contributed by atoms with E-state index in [1.165, 1.54) is 0 Å². The third-order valence-corrected chi connectivity index (χ3v) is 8.40. The summed E-state index contributed by atoms with van der Waals surface area (Å²) in [4.78, 5) is 0. The van der Waals surface area contributed by atoms with Gasteiger partial charge in [0.2, 0.25) is 0 Å². The zero-order chi connectivity index (χ0) is 12.0. The molecule has 2 aliphatic heterocycles. The fraction of sp³-hybridized carbons (Fsp3) is 0.833. The number of fused-ring (bicyclic) bond motifs is 1. The lowest BCUT2D eigenvalue weighted by atomic mass is 10.2. The predicted molar refractivity (Wildman–Crippen MR) is 65.8 cm³/mol. The minimum absolute atomic E-state index is 0.0779. The molecule has 0 N–H and O–H groups in total. The van der Waals surface area contributed by atoms with E-state index in [2.05, 4.69) is 33.9 Å². The summed E-state index contributed by atoms with van der Waals surface area (Å²) in [7, 11) is -1.72. The van der Waals surface area contributed by atoms with Crippen LogP contribution in [0.5, 0.6) is 0 Å². The normalized spacial score (nSPS) is 33.9. The lowest BCUT2D eigenvalue weighted by molar-refractivity contribution is 0.0526. The molecule has 0 amide bonds. The standard InChI is InChI=1S/C12H22O3Si/c1-12(2,3)16(4,5)15-10-8-14-9-6-7-13-11(9)10/h6-7,9-11H,8H2,1-5H3/t9-,10+,11+/m1/s1. The second-order valence-corrected chi connectivity index (χ2v) is 10.9. The van der Waals surface area contributed by atoms with Gasteiger partial charge in [0.05, 0.1) is 12.9 Å². The summed E-state index contributed by atoms with van der Waals surface area (Å²) in [6.45, 7) is 11.9. The van der Waals surface area contributed by atoms with Crippen molar-refractivity contribution in [3.63, 3.8) is 0 Å². The van der Waals surface area contributed by atoms with Crippen LogP contribution in [0.1, 0.15) is 20.8 Å². The molecule has 2 rings (SSSR count). The van der Waals surface area contributed by atoms with Gasteiger partial charge in [-0.15, -0.1) is 0 Å². The molecule has 2 aliphatic rings. The molecule has 0 aliphatic carbocycles. The summed E-state index contributed by atoms with van der Waals surface area (Å²) in [6.07, 6.45) is 3.99. The van der Waals surface area contributed by atoms with Crippen molar-refractivity contribution in [2.45, 2.75) is 57.2 Å². The van der Waals surface area contributed by atoms with E-state index < -0.39 is 8.32 Å². The van der Waals surface area contributed by atoms with Crippen molar-refractivity contribution in [2.24, 2.45) is 0 Å². The molecule has 1 saturated heterocycles. The molecule has 0 unspecified atom stereocenters. The Hall–Kier alpha value is -0.323. The third-order valence-electron chi connectivity index (χ3n) is 3.90. The number of hydrogen-bond acceptors (Lipinski definition) is 3. The van der Waals surface area contributed by atoms with Crippen molar-refractivity contribution in [1.82, 2.24) is 0 Å². The predicted octanol–water partition coefficient (Wildman–Crippen LogP) is 2.69. The van der Waals surface area contributed by atoms with Crippen molar-refractivity contribution in [3.8, 4) is 0 Å². The molecular formula is C12H22O3Si. The molecular weight excluding hydrogens is 220 g/mol. The van der Waals surface area contributed by atoms with E-state index in [1.54, 1.807) is 6.26 Å². The monoisotopic (exact) mass is 242 g/mol. The van der Waals surface area contributed by atoms with Crippen LogP contribution in [0, 0.1) is 0 Å². The first-order valence-corrected chi connectivity index (χ1v) is 8.84. The van der Waals surface area contributed by atoms with Gasteiger partial charge in [-0.1, -0.05) is 20.8 Å². The Morgan fingerprint density at radius 2 is 2.00 bits per heavy atom. The van der Waals surface area contributed by atoms with Crippen molar-refractivity contribution in [3.05, 3.63) is 12.3 Å². The maximum Gasteiger partial charge on any atom is 0.192 e. The van der Waals surface area contributed by atoms with Crippen molar-refractivity contribution in [2.75, 3.05) is 6.61 Å². The molecule has 16 heavy (non-hydrogen) atoms. The second-order valence-electron chi connectivity index (χ2n) is 6.14. The van der Waals surface area contributed by atoms with Crippen LogP contribution < -0.4 is 0 Å². The van der Waals surface area contributed by atoms with Crippen LogP contribution in [0.25, 0.3) is 0 Å². The van der Waals surface area contributed by atoms with Crippen LogP contribution in [-0.4, -0.2) is 33.2 Å². The second kappa shape index (κ2) is 3.86. The maximum absolute atomic E-state index is 6.33. The Morgan fingerprint density at radius 1 is 1.31 bits per heavy atom. The summed E-state index contributed by atoms with van der Waals surface area (Å²) >= 11 is 0. The molecule has 1 fully saturated rings. The Morgan fingerprint density at radius 3 is 2.62 bits per heavy atom. The van der Waals surface area contributed by atoms with Crippen LogP contribution in [0.4, 0.5) is 0 Å². The van der Waals surface area contributed by atoms with Gasteiger partial charge in [0, 0.05) is 0 Å². The SMILES string of the molecule is CC(C)(C)[Si](C)(C)O[C@H]1CO[C@@H]2C=CO[C@H]12. The van der Waals surface area contributed by atoms with Crippen molar-refractivity contribution < 1.29 is 13.9 Å². The van der Waals surface area contributed by atoms with Gasteiger partial charge in [-0.2, -0.15) is 0 Å². The summed E-state index contributed by atoms with van der Waals surface area (Å²) in [5.74, 6) is 0. The fourth-order valence-corrected chi connectivity index (χ4v) is 3.12. The highest BCUT2D eigenvalue weighted by Crippen LogP contribution is 2.39. The number of rotatable bonds is 2. The topological polar surface area (TPSA) is 27.7 Å². The van der Waals surface area contributed by atoms with Gasteiger partial charge in [-0.25, -0.2) is 0 Å². The van der Waals surface area contributed by atoms with Crippen LogP contribution in [-0.2, 0) is 13.9 Å². The largest absolute Gasteiger partial charge is 0.492 e. The van der Waals surface area contributed by atoms with E-state index in [1.807, 2.05) is 6.08 Å². The van der Waals surface area contributed by atoms with Crippen molar-refractivity contribution in [1.29, 1.82) is 0 Å². The zero-order valence-electron chi connectivity index (χ0n) is 10.8. The molecule has 0 radical (unpaired) electrons. The Labute approximate surface area is 98.9 Å².